The van der Waals surface area contributed by atoms with E-state index in [0.29, 0.717) is 24.5 Å². The predicted molar refractivity (Wildman–Crippen MR) is 95.7 cm³/mol. The first kappa shape index (κ1) is 22.9. The quantitative estimate of drug-likeness (QED) is 0.461. The molecule has 2 N–H and O–H groups in total. The van der Waals surface area contributed by atoms with Gasteiger partial charge in [0.2, 0.25) is 5.91 Å². The first-order valence-corrected chi connectivity index (χ1v) is 10.5. The van der Waals surface area contributed by atoms with Gasteiger partial charge in [-0.25, -0.2) is 8.42 Å². The molecule has 7 nitrogen and oxygen atoms in total. The van der Waals surface area contributed by atoms with Crippen molar-refractivity contribution in [2.45, 2.75) is 26.4 Å². The van der Waals surface area contributed by atoms with E-state index in [1.54, 1.807) is 13.8 Å². The number of methoxy groups -OCH3 is 1. The van der Waals surface area contributed by atoms with Crippen molar-refractivity contribution in [3.8, 4) is 0 Å². The molecule has 0 aliphatic heterocycles. The molecule has 0 aromatic carbocycles. The summed E-state index contributed by atoms with van der Waals surface area (Å²) in [6.45, 7) is 6.98. The molecule has 3 atom stereocenters. The zero-order valence-electron chi connectivity index (χ0n) is 14.4. The lowest BCUT2D eigenvalue weighted by Gasteiger charge is -2.26. The molecule has 0 radical (unpaired) electrons. The summed E-state index contributed by atoms with van der Waals surface area (Å²) in [5.74, 6) is -2.00. The summed E-state index contributed by atoms with van der Waals surface area (Å²) in [7, 11) is -1.78. The maximum Gasteiger partial charge on any atom is 0.309 e. The van der Waals surface area contributed by atoms with Gasteiger partial charge in [0.15, 0.2) is 9.84 Å². The minimum absolute atomic E-state index is 0.0130. The molecule has 0 spiro atoms. The van der Waals surface area contributed by atoms with Crippen LogP contribution < -0.4 is 5.32 Å². The average molecular weight is 382 g/mol. The van der Waals surface area contributed by atoms with Gasteiger partial charge in [-0.3, -0.25) is 9.59 Å². The Labute approximate surface area is 148 Å². The third-order valence-electron chi connectivity index (χ3n) is 3.68. The number of carboxylic acid groups (broad SMARTS) is 1. The van der Waals surface area contributed by atoms with Crippen LogP contribution in [0.5, 0.6) is 0 Å². The SMILES string of the molecule is C=CS(=O)(=O)CCSCCNC(=O)C(CC)C(C(=O)O)C(C)OC. The Bertz CT molecular complexity index is 520. The molecular formula is C15H27NO6S2. The fourth-order valence-electron chi connectivity index (χ4n) is 2.19. The summed E-state index contributed by atoms with van der Waals surface area (Å²) in [6, 6.07) is 0. The van der Waals surface area contributed by atoms with Crippen LogP contribution in [0.4, 0.5) is 0 Å². The number of carbonyl (C=O) groups excluding carboxylic acids is 1. The van der Waals surface area contributed by atoms with E-state index in [0.717, 1.165) is 5.41 Å². The van der Waals surface area contributed by atoms with E-state index in [2.05, 4.69) is 11.9 Å². The molecule has 0 aliphatic rings. The number of carbonyl (C=O) groups is 2. The number of carboxylic acids is 1. The molecule has 0 bridgehead atoms. The van der Waals surface area contributed by atoms with Crippen LogP contribution in [0.15, 0.2) is 12.0 Å². The first-order chi connectivity index (χ1) is 11.2. The average Bonchev–Trinajstić information content (AvgIpc) is 2.54. The number of hydrogen-bond donors (Lipinski definition) is 2. The number of hydrogen-bond acceptors (Lipinski definition) is 6. The summed E-state index contributed by atoms with van der Waals surface area (Å²) in [4.78, 5) is 23.6. The molecule has 0 saturated heterocycles. The minimum atomic E-state index is -3.20. The van der Waals surface area contributed by atoms with E-state index in [-0.39, 0.29) is 11.7 Å². The van der Waals surface area contributed by atoms with Crippen LogP contribution in [-0.2, 0) is 24.2 Å². The van der Waals surface area contributed by atoms with Gasteiger partial charge in [0.1, 0.15) is 0 Å². The summed E-state index contributed by atoms with van der Waals surface area (Å²) in [5.41, 5.74) is 0. The maximum absolute atomic E-state index is 12.2. The van der Waals surface area contributed by atoms with E-state index in [9.17, 15) is 23.1 Å². The zero-order chi connectivity index (χ0) is 18.8. The van der Waals surface area contributed by atoms with Gasteiger partial charge in [-0.05, 0) is 13.3 Å². The van der Waals surface area contributed by atoms with Gasteiger partial charge in [0.05, 0.1) is 23.7 Å². The molecule has 0 aliphatic carbocycles. The maximum atomic E-state index is 12.2. The Balaban J connectivity index is 4.37. The summed E-state index contributed by atoms with van der Waals surface area (Å²) < 4.78 is 27.5. The third kappa shape index (κ3) is 8.16. The monoisotopic (exact) mass is 381 g/mol. The normalized spacial score (nSPS) is 15.3. The van der Waals surface area contributed by atoms with Crippen molar-refractivity contribution in [3.63, 3.8) is 0 Å². The molecule has 24 heavy (non-hydrogen) atoms. The van der Waals surface area contributed by atoms with E-state index < -0.39 is 33.7 Å². The van der Waals surface area contributed by atoms with E-state index in [1.165, 1.54) is 18.9 Å². The van der Waals surface area contributed by atoms with Crippen LogP contribution in [0.25, 0.3) is 0 Å². The molecule has 0 rings (SSSR count). The Morgan fingerprint density at radius 2 is 2.00 bits per heavy atom. The van der Waals surface area contributed by atoms with Crippen molar-refractivity contribution in [3.05, 3.63) is 12.0 Å². The molecule has 1 amide bonds. The highest BCUT2D eigenvalue weighted by Crippen LogP contribution is 2.22. The van der Waals surface area contributed by atoms with E-state index >= 15 is 0 Å². The Morgan fingerprint density at radius 1 is 1.38 bits per heavy atom. The van der Waals surface area contributed by atoms with Crippen LogP contribution in [0.3, 0.4) is 0 Å². The summed E-state index contributed by atoms with van der Waals surface area (Å²) in [5, 5.41) is 13.0. The van der Waals surface area contributed by atoms with Crippen molar-refractivity contribution in [2.75, 3.05) is 30.9 Å². The van der Waals surface area contributed by atoms with Crippen molar-refractivity contribution >= 4 is 33.5 Å². The molecule has 0 aromatic rings. The van der Waals surface area contributed by atoms with Crippen LogP contribution in [0, 0.1) is 11.8 Å². The van der Waals surface area contributed by atoms with Crippen LogP contribution in [0.2, 0.25) is 0 Å². The van der Waals surface area contributed by atoms with Crippen molar-refractivity contribution < 1.29 is 27.9 Å². The number of ether oxygens (including phenoxy) is 1. The van der Waals surface area contributed by atoms with Gasteiger partial charge in [0, 0.05) is 30.6 Å². The summed E-state index contributed by atoms with van der Waals surface area (Å²) >= 11 is 1.40. The molecule has 0 fully saturated rings. The summed E-state index contributed by atoms with van der Waals surface area (Å²) in [6.07, 6.45) is -0.182. The minimum Gasteiger partial charge on any atom is -0.481 e. The lowest BCUT2D eigenvalue weighted by molar-refractivity contribution is -0.153. The van der Waals surface area contributed by atoms with Crippen LogP contribution in [-0.4, -0.2) is 62.4 Å². The standard InChI is InChI=1S/C15H27NO6S2/c1-5-12(13(15(18)19)11(3)22-4)14(17)16-7-8-23-9-10-24(20,21)6-2/h6,11-13H,2,5,7-10H2,1,3-4H3,(H,16,17)(H,18,19). The molecule has 0 heterocycles. The van der Waals surface area contributed by atoms with Gasteiger partial charge >= 0.3 is 5.97 Å². The Morgan fingerprint density at radius 3 is 2.46 bits per heavy atom. The highest BCUT2D eigenvalue weighted by molar-refractivity contribution is 8.01. The first-order valence-electron chi connectivity index (χ1n) is 7.66. The van der Waals surface area contributed by atoms with Crippen LogP contribution >= 0.6 is 11.8 Å². The second-order valence-electron chi connectivity index (χ2n) is 5.26. The number of nitrogens with one attached hydrogen (secondary N) is 1. The molecule has 9 heteroatoms. The molecule has 3 unspecified atom stereocenters. The van der Waals surface area contributed by atoms with Crippen molar-refractivity contribution in [2.24, 2.45) is 11.8 Å². The van der Waals surface area contributed by atoms with Gasteiger partial charge in [-0.2, -0.15) is 11.8 Å². The number of sulfone groups is 1. The van der Waals surface area contributed by atoms with Crippen molar-refractivity contribution in [1.82, 2.24) is 5.32 Å². The largest absolute Gasteiger partial charge is 0.481 e. The van der Waals surface area contributed by atoms with E-state index in [1.807, 2.05) is 0 Å². The number of thioether (sulfide) groups is 1. The Kier molecular flexibility index (Phi) is 11.0. The predicted octanol–water partition coefficient (Wildman–Crippen LogP) is 1.16. The topological polar surface area (TPSA) is 110 Å². The van der Waals surface area contributed by atoms with Gasteiger partial charge in [-0.1, -0.05) is 13.5 Å². The Hall–Kier alpha value is -1.06. The molecular weight excluding hydrogens is 354 g/mol. The highest BCUT2D eigenvalue weighted by Gasteiger charge is 2.36. The molecule has 0 aromatic heterocycles. The fourth-order valence-corrected chi connectivity index (χ4v) is 4.20. The number of rotatable bonds is 13. The van der Waals surface area contributed by atoms with Gasteiger partial charge in [-0.15, -0.1) is 0 Å². The third-order valence-corrected chi connectivity index (χ3v) is 6.21. The lowest BCUT2D eigenvalue weighted by atomic mass is 9.85. The van der Waals surface area contributed by atoms with Gasteiger partial charge < -0.3 is 15.2 Å². The number of amides is 1. The van der Waals surface area contributed by atoms with E-state index in [4.69, 9.17) is 4.74 Å². The zero-order valence-corrected chi connectivity index (χ0v) is 16.0. The lowest BCUT2D eigenvalue weighted by Crippen LogP contribution is -2.43. The van der Waals surface area contributed by atoms with Crippen LogP contribution in [0.1, 0.15) is 20.3 Å². The second kappa shape index (κ2) is 11.5. The number of aliphatic carboxylic acids is 1. The molecule has 140 valence electrons. The molecule has 0 saturated carbocycles. The fraction of sp³-hybridized carbons (Fsp3) is 0.733. The highest BCUT2D eigenvalue weighted by atomic mass is 32.2. The second-order valence-corrected chi connectivity index (χ2v) is 8.55. The van der Waals surface area contributed by atoms with Crippen molar-refractivity contribution in [1.29, 1.82) is 0 Å². The smallest absolute Gasteiger partial charge is 0.309 e. The van der Waals surface area contributed by atoms with Gasteiger partial charge in [0.25, 0.3) is 0 Å².